The van der Waals surface area contributed by atoms with Crippen molar-refractivity contribution >= 4 is 5.97 Å². The maximum Gasteiger partial charge on any atom is 1.00 e. The number of aliphatic hydroxyl groups is 1. The first-order chi connectivity index (χ1) is 8.07. The number of rotatable bonds is 10. The van der Waals surface area contributed by atoms with Crippen LogP contribution in [0.15, 0.2) is 12.2 Å². The summed E-state index contributed by atoms with van der Waals surface area (Å²) in [4.78, 5) is 10.4. The van der Waals surface area contributed by atoms with Gasteiger partial charge in [-0.1, -0.05) is 12.2 Å². The van der Waals surface area contributed by atoms with E-state index in [1.165, 1.54) is 0 Å². The molecule has 3 N–H and O–H groups in total. The zero-order chi connectivity index (χ0) is 13.1. The molecule has 0 fully saturated rings. The molecule has 18 heavy (non-hydrogen) atoms. The number of carbonyl (C=O) groups is 1. The molecule has 0 aromatic carbocycles. The molecule has 0 aliphatic heterocycles. The molecule has 0 aliphatic rings. The molecule has 2 atom stereocenters. The number of carbonyl (C=O) groups excluding carboxylic acids is 1. The van der Waals surface area contributed by atoms with Gasteiger partial charge in [0, 0.05) is 25.7 Å². The van der Waals surface area contributed by atoms with Gasteiger partial charge in [0.15, 0.2) is 0 Å². The second kappa shape index (κ2) is 13.5. The summed E-state index contributed by atoms with van der Waals surface area (Å²) in [7, 11) is 0. The normalized spacial score (nSPS) is 14.2. The Morgan fingerprint density at radius 3 is 2.67 bits per heavy atom. The van der Waals surface area contributed by atoms with Gasteiger partial charge in [-0.05, 0) is 26.7 Å². The summed E-state index contributed by atoms with van der Waals surface area (Å²) in [5, 5.41) is 25.8. The number of aliphatic hydroxyl groups excluding tert-OH is 1. The maximum atomic E-state index is 10.4. The first-order valence-electron chi connectivity index (χ1n) is 6.02. The molecule has 0 radical (unpaired) electrons. The summed E-state index contributed by atoms with van der Waals surface area (Å²) < 4.78 is 0. The molecule has 100 valence electrons. The van der Waals surface area contributed by atoms with Crippen LogP contribution < -0.4 is 45.3 Å². The van der Waals surface area contributed by atoms with Crippen molar-refractivity contribution < 1.29 is 44.6 Å². The maximum absolute atomic E-state index is 10.4. The van der Waals surface area contributed by atoms with Crippen molar-refractivity contribution in [2.45, 2.75) is 38.8 Å². The molecule has 0 aliphatic carbocycles. The van der Waals surface area contributed by atoms with Crippen molar-refractivity contribution in [3.63, 3.8) is 0 Å². The Balaban J connectivity index is 0. The quantitative estimate of drug-likeness (QED) is 0.213. The van der Waals surface area contributed by atoms with E-state index in [1.54, 1.807) is 6.92 Å². The molecule has 0 aromatic heterocycles. The van der Waals surface area contributed by atoms with Gasteiger partial charge in [-0.3, -0.25) is 0 Å². The smallest absolute Gasteiger partial charge is 0.548 e. The molecular weight excluding hydrogens is 243 g/mol. The van der Waals surface area contributed by atoms with Gasteiger partial charge in [0.25, 0.3) is 0 Å². The fourth-order valence-corrected chi connectivity index (χ4v) is 1.29. The molecule has 0 aromatic rings. The third kappa shape index (κ3) is 12.5. The Labute approximate surface area is 131 Å². The molecule has 0 saturated carbocycles. The van der Waals surface area contributed by atoms with Gasteiger partial charge in [-0.15, -0.1) is 0 Å². The van der Waals surface area contributed by atoms with Gasteiger partial charge in [0.2, 0.25) is 0 Å². The van der Waals surface area contributed by atoms with Crippen LogP contribution in [-0.2, 0) is 4.79 Å². The van der Waals surface area contributed by atoms with Crippen LogP contribution in [0.2, 0.25) is 0 Å². The molecule has 5 nitrogen and oxygen atoms in total. The number of aliphatic carboxylic acids is 1. The van der Waals surface area contributed by atoms with Crippen LogP contribution in [0, 0.1) is 0 Å². The molecular formula is C12H23N2NaO3. The van der Waals surface area contributed by atoms with Crippen molar-refractivity contribution in [2.75, 3.05) is 19.6 Å². The van der Waals surface area contributed by atoms with Crippen molar-refractivity contribution in [1.82, 2.24) is 10.6 Å². The molecule has 0 rings (SSSR count). The number of allylic oxidation sites excluding steroid dienone is 2. The fraction of sp³-hybridized carbons (Fsp3) is 0.750. The van der Waals surface area contributed by atoms with Gasteiger partial charge in [-0.2, -0.15) is 0 Å². The number of hydrogen-bond acceptors (Lipinski definition) is 5. The summed E-state index contributed by atoms with van der Waals surface area (Å²) in [5.41, 5.74) is 0. The number of hydrogen-bond donors (Lipinski definition) is 3. The Bertz CT molecular complexity index is 237. The van der Waals surface area contributed by atoms with E-state index in [1.807, 2.05) is 19.1 Å². The van der Waals surface area contributed by atoms with Crippen LogP contribution in [0.25, 0.3) is 0 Å². The molecule has 0 spiro atoms. The molecule has 0 saturated heterocycles. The molecule has 0 bridgehead atoms. The number of carboxylic acid groups (broad SMARTS) is 1. The predicted octanol–water partition coefficient (Wildman–Crippen LogP) is -3.97. The van der Waals surface area contributed by atoms with E-state index in [0.29, 0.717) is 19.6 Å². The van der Waals surface area contributed by atoms with Crippen LogP contribution in [0.3, 0.4) is 0 Å². The minimum absolute atomic E-state index is 0. The second-order valence-electron chi connectivity index (χ2n) is 4.00. The van der Waals surface area contributed by atoms with Gasteiger partial charge in [0.05, 0.1) is 12.1 Å². The van der Waals surface area contributed by atoms with Crippen molar-refractivity contribution in [2.24, 2.45) is 0 Å². The Morgan fingerprint density at radius 1 is 1.44 bits per heavy atom. The Morgan fingerprint density at radius 2 is 2.11 bits per heavy atom. The van der Waals surface area contributed by atoms with Crippen LogP contribution in [0.5, 0.6) is 0 Å². The minimum atomic E-state index is -1.10. The Hall–Kier alpha value is 0.0900. The summed E-state index contributed by atoms with van der Waals surface area (Å²) in [6.45, 7) is 5.18. The first kappa shape index (κ1) is 20.4. The summed E-state index contributed by atoms with van der Waals surface area (Å²) >= 11 is 0. The zero-order valence-corrected chi connectivity index (χ0v) is 13.6. The molecule has 6 heteroatoms. The van der Waals surface area contributed by atoms with E-state index in [-0.39, 0.29) is 35.7 Å². The Kier molecular flexibility index (Phi) is 15.3. The second-order valence-corrected chi connectivity index (χ2v) is 4.00. The monoisotopic (exact) mass is 266 g/mol. The summed E-state index contributed by atoms with van der Waals surface area (Å²) in [5.74, 6) is -1.10. The van der Waals surface area contributed by atoms with Gasteiger partial charge in [-0.25, -0.2) is 0 Å². The summed E-state index contributed by atoms with van der Waals surface area (Å²) in [6, 6.07) is -0.642. The SMILES string of the molecule is C/C=C/CCC(O)CNCCNC(C)C(=O)[O-].[Na+]. The van der Waals surface area contributed by atoms with Crippen LogP contribution in [-0.4, -0.2) is 42.9 Å². The van der Waals surface area contributed by atoms with E-state index >= 15 is 0 Å². The summed E-state index contributed by atoms with van der Waals surface area (Å²) in [6.07, 6.45) is 5.24. The van der Waals surface area contributed by atoms with Gasteiger partial charge >= 0.3 is 29.6 Å². The van der Waals surface area contributed by atoms with Crippen LogP contribution in [0.1, 0.15) is 26.7 Å². The number of carboxylic acids is 1. The fourth-order valence-electron chi connectivity index (χ4n) is 1.29. The van der Waals surface area contributed by atoms with Crippen molar-refractivity contribution in [3.8, 4) is 0 Å². The third-order valence-corrected chi connectivity index (χ3v) is 2.39. The van der Waals surface area contributed by atoms with E-state index in [9.17, 15) is 15.0 Å². The van der Waals surface area contributed by atoms with Gasteiger partial charge in [0.1, 0.15) is 0 Å². The largest absolute Gasteiger partial charge is 1.00 e. The average Bonchev–Trinajstić information content (AvgIpc) is 2.28. The van der Waals surface area contributed by atoms with Gasteiger partial charge < -0.3 is 25.6 Å². The number of nitrogens with one attached hydrogen (secondary N) is 2. The van der Waals surface area contributed by atoms with E-state index < -0.39 is 12.0 Å². The van der Waals surface area contributed by atoms with Crippen LogP contribution >= 0.6 is 0 Å². The predicted molar refractivity (Wildman–Crippen MR) is 65.4 cm³/mol. The van der Waals surface area contributed by atoms with E-state index in [2.05, 4.69) is 10.6 Å². The van der Waals surface area contributed by atoms with Crippen LogP contribution in [0.4, 0.5) is 0 Å². The first-order valence-corrected chi connectivity index (χ1v) is 6.02. The standard InChI is InChI=1S/C12H24N2O3.Na/c1-3-4-5-6-11(15)9-13-7-8-14-10(2)12(16)17;/h3-4,10-11,13-15H,5-9H2,1-2H3,(H,16,17);/q;+1/p-1/b4-3+;. The molecule has 0 heterocycles. The van der Waals surface area contributed by atoms with E-state index in [4.69, 9.17) is 0 Å². The molecule has 0 amide bonds. The molecule has 2 unspecified atom stereocenters. The topological polar surface area (TPSA) is 84.4 Å². The van der Waals surface area contributed by atoms with Crippen molar-refractivity contribution in [1.29, 1.82) is 0 Å². The zero-order valence-electron chi connectivity index (χ0n) is 11.6. The minimum Gasteiger partial charge on any atom is -0.548 e. The van der Waals surface area contributed by atoms with E-state index in [0.717, 1.165) is 12.8 Å². The average molecular weight is 266 g/mol. The third-order valence-electron chi connectivity index (χ3n) is 2.39. The van der Waals surface area contributed by atoms with Crippen molar-refractivity contribution in [3.05, 3.63) is 12.2 Å².